The lowest BCUT2D eigenvalue weighted by atomic mass is 9.97. The largest absolute Gasteiger partial charge is 0.478 e. The Morgan fingerprint density at radius 3 is 3.20 bits per heavy atom. The van der Waals surface area contributed by atoms with E-state index in [-0.39, 0.29) is 0 Å². The van der Waals surface area contributed by atoms with Crippen LogP contribution in [0.1, 0.15) is 19.3 Å². The topological polar surface area (TPSA) is 34.1 Å². The van der Waals surface area contributed by atoms with E-state index in [0.717, 1.165) is 31.4 Å². The van der Waals surface area contributed by atoms with Crippen molar-refractivity contribution in [1.82, 2.24) is 10.3 Å². The molecule has 0 radical (unpaired) electrons. The number of ether oxygens (including phenoxy) is 1. The zero-order chi connectivity index (χ0) is 10.3. The Bertz CT molecular complexity index is 270. The van der Waals surface area contributed by atoms with E-state index in [1.807, 2.05) is 18.2 Å². The van der Waals surface area contributed by atoms with Crippen molar-refractivity contribution < 1.29 is 4.74 Å². The van der Waals surface area contributed by atoms with E-state index in [9.17, 15) is 0 Å². The van der Waals surface area contributed by atoms with Crippen LogP contribution in [0.15, 0.2) is 24.4 Å². The van der Waals surface area contributed by atoms with Gasteiger partial charge in [-0.1, -0.05) is 6.07 Å². The molecule has 82 valence electrons. The summed E-state index contributed by atoms with van der Waals surface area (Å²) in [7, 11) is 0. The van der Waals surface area contributed by atoms with Crippen molar-refractivity contribution in [3.8, 4) is 5.88 Å². The number of nitrogens with zero attached hydrogens (tertiary/aromatic N) is 1. The van der Waals surface area contributed by atoms with Gasteiger partial charge in [0.1, 0.15) is 0 Å². The summed E-state index contributed by atoms with van der Waals surface area (Å²) in [5.41, 5.74) is 0. The van der Waals surface area contributed by atoms with Gasteiger partial charge >= 0.3 is 0 Å². The van der Waals surface area contributed by atoms with E-state index in [4.69, 9.17) is 4.74 Å². The molecule has 2 heterocycles. The Morgan fingerprint density at radius 1 is 1.47 bits per heavy atom. The predicted octanol–water partition coefficient (Wildman–Crippen LogP) is 1.85. The van der Waals surface area contributed by atoms with Crippen LogP contribution in [-0.2, 0) is 0 Å². The number of pyridine rings is 1. The first-order chi connectivity index (χ1) is 7.45. The maximum absolute atomic E-state index is 5.57. The highest BCUT2D eigenvalue weighted by molar-refractivity contribution is 5.08. The van der Waals surface area contributed by atoms with Gasteiger partial charge in [0.2, 0.25) is 5.88 Å². The van der Waals surface area contributed by atoms with E-state index in [2.05, 4.69) is 10.3 Å². The number of rotatable bonds is 4. The van der Waals surface area contributed by atoms with Crippen molar-refractivity contribution in [1.29, 1.82) is 0 Å². The van der Waals surface area contributed by atoms with Crippen molar-refractivity contribution >= 4 is 0 Å². The molecule has 15 heavy (non-hydrogen) atoms. The lowest BCUT2D eigenvalue weighted by Gasteiger charge is -2.22. The summed E-state index contributed by atoms with van der Waals surface area (Å²) in [4.78, 5) is 4.12. The number of aromatic nitrogens is 1. The van der Waals surface area contributed by atoms with Gasteiger partial charge in [0, 0.05) is 12.3 Å². The highest BCUT2D eigenvalue weighted by Gasteiger charge is 2.12. The molecule has 0 aliphatic carbocycles. The van der Waals surface area contributed by atoms with E-state index in [0.29, 0.717) is 0 Å². The Morgan fingerprint density at radius 2 is 2.47 bits per heavy atom. The van der Waals surface area contributed by atoms with Gasteiger partial charge in [-0.05, 0) is 44.3 Å². The lowest BCUT2D eigenvalue weighted by Crippen LogP contribution is -2.30. The highest BCUT2D eigenvalue weighted by Crippen LogP contribution is 2.14. The molecular weight excluding hydrogens is 188 g/mol. The average Bonchev–Trinajstić information content (AvgIpc) is 2.32. The monoisotopic (exact) mass is 206 g/mol. The maximum Gasteiger partial charge on any atom is 0.213 e. The Kier molecular flexibility index (Phi) is 3.97. The molecule has 1 N–H and O–H groups in total. The van der Waals surface area contributed by atoms with Crippen LogP contribution < -0.4 is 10.1 Å². The van der Waals surface area contributed by atoms with Crippen LogP contribution in [0.5, 0.6) is 5.88 Å². The standard InChI is InChI=1S/C12H18N2O/c1-2-8-14-12(5-1)15-9-6-11-4-3-7-13-10-11/h1-2,5,8,11,13H,3-4,6-7,9-10H2/t11-/m0/s1. The van der Waals surface area contributed by atoms with Gasteiger partial charge in [-0.25, -0.2) is 4.98 Å². The molecule has 1 fully saturated rings. The third-order valence-corrected chi connectivity index (χ3v) is 2.81. The number of hydrogen-bond donors (Lipinski definition) is 1. The second kappa shape index (κ2) is 5.71. The number of nitrogens with one attached hydrogen (secondary N) is 1. The minimum absolute atomic E-state index is 0.737. The van der Waals surface area contributed by atoms with E-state index in [1.54, 1.807) is 6.20 Å². The predicted molar refractivity (Wildman–Crippen MR) is 59.9 cm³/mol. The zero-order valence-corrected chi connectivity index (χ0v) is 8.98. The second-order valence-electron chi connectivity index (χ2n) is 4.02. The summed E-state index contributed by atoms with van der Waals surface area (Å²) in [6, 6.07) is 5.75. The molecule has 2 rings (SSSR count). The molecule has 3 heteroatoms. The van der Waals surface area contributed by atoms with Gasteiger partial charge in [0.15, 0.2) is 0 Å². The fourth-order valence-electron chi connectivity index (χ4n) is 1.93. The van der Waals surface area contributed by atoms with E-state index < -0.39 is 0 Å². The van der Waals surface area contributed by atoms with Gasteiger partial charge in [-0.2, -0.15) is 0 Å². The molecule has 1 aliphatic heterocycles. The van der Waals surface area contributed by atoms with Gasteiger partial charge in [-0.15, -0.1) is 0 Å². The van der Waals surface area contributed by atoms with Crippen LogP contribution in [0.3, 0.4) is 0 Å². The Hall–Kier alpha value is -1.09. The molecule has 0 aromatic carbocycles. The Balaban J connectivity index is 1.66. The van der Waals surface area contributed by atoms with E-state index >= 15 is 0 Å². The first-order valence-corrected chi connectivity index (χ1v) is 5.70. The molecule has 1 aromatic heterocycles. The third-order valence-electron chi connectivity index (χ3n) is 2.81. The first-order valence-electron chi connectivity index (χ1n) is 5.70. The Labute approximate surface area is 90.9 Å². The minimum atomic E-state index is 0.737. The van der Waals surface area contributed by atoms with Crippen molar-refractivity contribution in [3.63, 3.8) is 0 Å². The smallest absolute Gasteiger partial charge is 0.213 e. The van der Waals surface area contributed by atoms with Gasteiger partial charge in [0.25, 0.3) is 0 Å². The molecule has 3 nitrogen and oxygen atoms in total. The van der Waals surface area contributed by atoms with Crippen LogP contribution in [0.4, 0.5) is 0 Å². The fraction of sp³-hybridized carbons (Fsp3) is 0.583. The summed E-state index contributed by atoms with van der Waals surface area (Å²) in [5, 5.41) is 3.41. The maximum atomic E-state index is 5.57. The summed E-state index contributed by atoms with van der Waals surface area (Å²) in [5.74, 6) is 1.52. The minimum Gasteiger partial charge on any atom is -0.478 e. The average molecular weight is 206 g/mol. The van der Waals surface area contributed by atoms with Crippen molar-refractivity contribution in [2.45, 2.75) is 19.3 Å². The summed E-state index contributed by atoms with van der Waals surface area (Å²) in [6.07, 6.45) is 5.52. The van der Waals surface area contributed by atoms with Crippen molar-refractivity contribution in [3.05, 3.63) is 24.4 Å². The van der Waals surface area contributed by atoms with Crippen LogP contribution in [0.25, 0.3) is 0 Å². The van der Waals surface area contributed by atoms with Crippen molar-refractivity contribution in [2.24, 2.45) is 5.92 Å². The molecule has 0 bridgehead atoms. The first kappa shape index (κ1) is 10.4. The summed E-state index contributed by atoms with van der Waals surface area (Å²) >= 11 is 0. The molecule has 0 amide bonds. The zero-order valence-electron chi connectivity index (χ0n) is 8.98. The quantitative estimate of drug-likeness (QED) is 0.816. The molecule has 1 aliphatic rings. The summed E-state index contributed by atoms with van der Waals surface area (Å²) < 4.78 is 5.57. The van der Waals surface area contributed by atoms with Crippen LogP contribution in [0.2, 0.25) is 0 Å². The number of piperidine rings is 1. The fourth-order valence-corrected chi connectivity index (χ4v) is 1.93. The van der Waals surface area contributed by atoms with Crippen LogP contribution in [-0.4, -0.2) is 24.7 Å². The summed E-state index contributed by atoms with van der Waals surface area (Å²) in [6.45, 7) is 3.10. The van der Waals surface area contributed by atoms with Gasteiger partial charge < -0.3 is 10.1 Å². The molecule has 0 unspecified atom stereocenters. The SMILES string of the molecule is c1ccc(OCC[C@@H]2CCCNC2)nc1. The van der Waals surface area contributed by atoms with Gasteiger partial charge in [-0.3, -0.25) is 0 Å². The van der Waals surface area contributed by atoms with Crippen LogP contribution >= 0.6 is 0 Å². The van der Waals surface area contributed by atoms with E-state index in [1.165, 1.54) is 19.4 Å². The normalized spacial score (nSPS) is 21.2. The van der Waals surface area contributed by atoms with Crippen LogP contribution in [0, 0.1) is 5.92 Å². The molecule has 1 atom stereocenters. The lowest BCUT2D eigenvalue weighted by molar-refractivity contribution is 0.247. The highest BCUT2D eigenvalue weighted by atomic mass is 16.5. The van der Waals surface area contributed by atoms with Gasteiger partial charge in [0.05, 0.1) is 6.61 Å². The number of hydrogen-bond acceptors (Lipinski definition) is 3. The third kappa shape index (κ3) is 3.51. The molecule has 1 aromatic rings. The molecule has 0 saturated carbocycles. The molecular formula is C12H18N2O. The molecule has 1 saturated heterocycles. The molecule has 0 spiro atoms. The second-order valence-corrected chi connectivity index (χ2v) is 4.02. The van der Waals surface area contributed by atoms with Crippen molar-refractivity contribution in [2.75, 3.05) is 19.7 Å².